The maximum absolute atomic E-state index is 12.6. The molecule has 0 amide bonds. The molecule has 0 unspecified atom stereocenters. The summed E-state index contributed by atoms with van der Waals surface area (Å²) in [4.78, 5) is 25.2. The first kappa shape index (κ1) is 14.2. The van der Waals surface area contributed by atoms with Crippen LogP contribution in [0, 0.1) is 0 Å². The van der Waals surface area contributed by atoms with Gasteiger partial charge in [-0.15, -0.1) is 0 Å². The molecule has 2 aliphatic carbocycles. The number of aliphatic hydroxyl groups is 1. The highest BCUT2D eigenvalue weighted by molar-refractivity contribution is 6.26. The lowest BCUT2D eigenvalue weighted by Crippen LogP contribution is -2.31. The predicted molar refractivity (Wildman–Crippen MR) is 79.5 cm³/mol. The van der Waals surface area contributed by atoms with Gasteiger partial charge in [0.1, 0.15) is 0 Å². The summed E-state index contributed by atoms with van der Waals surface area (Å²) in [5.74, 6) is 0.0333. The lowest BCUT2D eigenvalue weighted by atomic mass is 9.82. The molecule has 0 saturated heterocycles. The van der Waals surface area contributed by atoms with Crippen molar-refractivity contribution in [1.29, 1.82) is 0 Å². The fraction of sp³-hybridized carbons (Fsp3) is 0.412. The molecule has 0 fully saturated rings. The number of carbonyl (C=O) groups excluding carboxylic acids is 2. The maximum atomic E-state index is 12.6. The van der Waals surface area contributed by atoms with E-state index in [0.29, 0.717) is 41.7 Å². The third-order valence-corrected chi connectivity index (χ3v) is 4.36. The van der Waals surface area contributed by atoms with Crippen LogP contribution in [-0.2, 0) is 0 Å². The number of hydrogen-bond donors (Lipinski definition) is 2. The number of fused-ring (bicyclic) bond motifs is 1. The van der Waals surface area contributed by atoms with E-state index in [-0.39, 0.29) is 24.2 Å². The lowest BCUT2D eigenvalue weighted by Gasteiger charge is -2.19. The van der Waals surface area contributed by atoms with Crippen LogP contribution in [0.4, 0.5) is 0 Å². The summed E-state index contributed by atoms with van der Waals surface area (Å²) in [6.07, 6.45) is 2.94. The molecule has 2 aliphatic rings. The number of rotatable bonds is 3. The van der Waals surface area contributed by atoms with Gasteiger partial charge in [0.15, 0.2) is 11.6 Å². The minimum atomic E-state index is 0.0167. The minimum Gasteiger partial charge on any atom is -0.395 e. The van der Waals surface area contributed by atoms with E-state index in [9.17, 15) is 9.59 Å². The van der Waals surface area contributed by atoms with Gasteiger partial charge in [0.25, 0.3) is 0 Å². The van der Waals surface area contributed by atoms with Gasteiger partial charge in [-0.05, 0) is 25.7 Å². The van der Waals surface area contributed by atoms with E-state index in [0.717, 1.165) is 12.8 Å². The smallest absolute Gasteiger partial charge is 0.190 e. The molecule has 4 heteroatoms. The van der Waals surface area contributed by atoms with E-state index in [4.69, 9.17) is 5.11 Å². The van der Waals surface area contributed by atoms with Crippen molar-refractivity contribution in [3.8, 4) is 0 Å². The number of Topliss-reactive ketones (excluding diaryl/α,β-unsaturated/α-hetero) is 2. The fourth-order valence-electron chi connectivity index (χ4n) is 3.26. The van der Waals surface area contributed by atoms with Gasteiger partial charge in [0.05, 0.1) is 6.61 Å². The fourth-order valence-corrected chi connectivity index (χ4v) is 3.26. The van der Waals surface area contributed by atoms with Crippen LogP contribution in [0.1, 0.15) is 46.4 Å². The minimum absolute atomic E-state index is 0.0167. The zero-order valence-corrected chi connectivity index (χ0v) is 11.9. The van der Waals surface area contributed by atoms with Crippen LogP contribution >= 0.6 is 0 Å². The Morgan fingerprint density at radius 3 is 2.00 bits per heavy atom. The summed E-state index contributed by atoms with van der Waals surface area (Å²) in [7, 11) is 0. The van der Waals surface area contributed by atoms with Gasteiger partial charge < -0.3 is 10.4 Å². The van der Waals surface area contributed by atoms with Gasteiger partial charge in [-0.1, -0.05) is 24.3 Å². The highest BCUT2D eigenvalue weighted by Crippen LogP contribution is 2.34. The van der Waals surface area contributed by atoms with Crippen molar-refractivity contribution >= 4 is 11.6 Å². The monoisotopic (exact) mass is 285 g/mol. The van der Waals surface area contributed by atoms with E-state index in [2.05, 4.69) is 5.32 Å². The van der Waals surface area contributed by atoms with Gasteiger partial charge in [-0.3, -0.25) is 9.59 Å². The Balaban J connectivity index is 1.87. The summed E-state index contributed by atoms with van der Waals surface area (Å²) in [6.45, 7) is 0.657. The number of nitrogens with one attached hydrogen (secondary N) is 1. The second kappa shape index (κ2) is 5.92. The van der Waals surface area contributed by atoms with Crippen molar-refractivity contribution in [2.75, 3.05) is 13.2 Å². The van der Waals surface area contributed by atoms with E-state index in [1.807, 2.05) is 0 Å². The SMILES string of the molecule is O=C1C2=C(CCC(NCCO)CC2)C(=O)c2ccccc21. The van der Waals surface area contributed by atoms with Crippen molar-refractivity contribution in [2.45, 2.75) is 31.7 Å². The van der Waals surface area contributed by atoms with Crippen LogP contribution in [0.25, 0.3) is 0 Å². The Bertz CT molecular complexity index is 569. The van der Waals surface area contributed by atoms with Gasteiger partial charge >= 0.3 is 0 Å². The van der Waals surface area contributed by atoms with Crippen LogP contribution in [0.3, 0.4) is 0 Å². The molecule has 21 heavy (non-hydrogen) atoms. The van der Waals surface area contributed by atoms with Crippen molar-refractivity contribution in [3.05, 3.63) is 46.5 Å². The highest BCUT2D eigenvalue weighted by atomic mass is 16.3. The normalized spacial score (nSPS) is 19.3. The Hall–Kier alpha value is -1.78. The first-order chi connectivity index (χ1) is 10.2. The zero-order chi connectivity index (χ0) is 14.8. The number of hydrogen-bond acceptors (Lipinski definition) is 4. The van der Waals surface area contributed by atoms with Gasteiger partial charge in [0.2, 0.25) is 0 Å². The van der Waals surface area contributed by atoms with Crippen LogP contribution < -0.4 is 5.32 Å². The molecule has 1 aromatic rings. The van der Waals surface area contributed by atoms with Crippen molar-refractivity contribution in [1.82, 2.24) is 5.32 Å². The van der Waals surface area contributed by atoms with Crippen LogP contribution in [0.15, 0.2) is 35.4 Å². The molecular weight excluding hydrogens is 266 g/mol. The Morgan fingerprint density at radius 1 is 1.00 bits per heavy atom. The van der Waals surface area contributed by atoms with Gasteiger partial charge in [0, 0.05) is 34.9 Å². The van der Waals surface area contributed by atoms with E-state index < -0.39 is 0 Å². The summed E-state index contributed by atoms with van der Waals surface area (Å²) in [6, 6.07) is 7.35. The van der Waals surface area contributed by atoms with Crippen molar-refractivity contribution in [2.24, 2.45) is 0 Å². The standard InChI is InChI=1S/C17H19NO3/c19-10-9-18-11-5-7-14-15(8-6-11)17(21)13-4-2-1-3-12(13)16(14)20/h1-4,11,18-19H,5-10H2. The van der Waals surface area contributed by atoms with Crippen molar-refractivity contribution in [3.63, 3.8) is 0 Å². The quantitative estimate of drug-likeness (QED) is 0.890. The van der Waals surface area contributed by atoms with E-state index in [1.54, 1.807) is 24.3 Å². The Morgan fingerprint density at radius 2 is 1.52 bits per heavy atom. The first-order valence-electron chi connectivity index (χ1n) is 7.47. The molecule has 2 N–H and O–H groups in total. The largest absolute Gasteiger partial charge is 0.395 e. The molecule has 110 valence electrons. The predicted octanol–water partition coefficient (Wildman–Crippen LogP) is 1.89. The van der Waals surface area contributed by atoms with Crippen LogP contribution in [0.2, 0.25) is 0 Å². The number of allylic oxidation sites excluding steroid dienone is 2. The molecule has 0 saturated carbocycles. The third-order valence-electron chi connectivity index (χ3n) is 4.36. The summed E-state index contributed by atoms with van der Waals surface area (Å²) in [5.41, 5.74) is 2.49. The Labute approximate surface area is 123 Å². The summed E-state index contributed by atoms with van der Waals surface area (Å²) >= 11 is 0. The van der Waals surface area contributed by atoms with Crippen molar-refractivity contribution < 1.29 is 14.7 Å². The molecule has 4 nitrogen and oxygen atoms in total. The first-order valence-corrected chi connectivity index (χ1v) is 7.47. The summed E-state index contributed by atoms with van der Waals surface area (Å²) < 4.78 is 0. The molecule has 3 rings (SSSR count). The molecule has 0 spiro atoms. The maximum Gasteiger partial charge on any atom is 0.190 e. The Kier molecular flexibility index (Phi) is 3.99. The summed E-state index contributed by atoms with van der Waals surface area (Å²) in [5, 5.41) is 12.2. The number of carbonyl (C=O) groups is 2. The molecule has 1 aromatic carbocycles. The van der Waals surface area contributed by atoms with E-state index in [1.165, 1.54) is 0 Å². The second-order valence-electron chi connectivity index (χ2n) is 5.61. The molecule has 0 aliphatic heterocycles. The second-order valence-corrected chi connectivity index (χ2v) is 5.61. The van der Waals surface area contributed by atoms with Crippen LogP contribution in [-0.4, -0.2) is 35.9 Å². The lowest BCUT2D eigenvalue weighted by molar-refractivity contribution is 0.0970. The topological polar surface area (TPSA) is 66.4 Å². The molecule has 0 heterocycles. The highest BCUT2D eigenvalue weighted by Gasteiger charge is 2.33. The molecule has 0 aromatic heterocycles. The third kappa shape index (κ3) is 2.57. The number of ketones is 2. The average molecular weight is 285 g/mol. The van der Waals surface area contributed by atoms with Crippen LogP contribution in [0.5, 0.6) is 0 Å². The van der Waals surface area contributed by atoms with Gasteiger partial charge in [-0.25, -0.2) is 0 Å². The van der Waals surface area contributed by atoms with E-state index >= 15 is 0 Å². The zero-order valence-electron chi connectivity index (χ0n) is 11.9. The van der Waals surface area contributed by atoms with Gasteiger partial charge in [-0.2, -0.15) is 0 Å². The molecule has 0 radical (unpaired) electrons. The molecular formula is C17H19NO3. The molecule has 0 atom stereocenters. The number of aliphatic hydroxyl groups excluding tert-OH is 1. The number of benzene rings is 1. The molecule has 0 bridgehead atoms. The average Bonchev–Trinajstić information content (AvgIpc) is 2.73.